The van der Waals surface area contributed by atoms with E-state index >= 15 is 0 Å². The number of nitrogens with one attached hydrogen (secondary N) is 1. The maximum absolute atomic E-state index is 4.58. The molecule has 0 aromatic carbocycles. The van der Waals surface area contributed by atoms with Crippen LogP contribution in [0.15, 0.2) is 0 Å². The summed E-state index contributed by atoms with van der Waals surface area (Å²) in [6.45, 7) is 0. The van der Waals surface area contributed by atoms with Crippen molar-refractivity contribution in [1.82, 2.24) is 15.0 Å². The molecule has 0 atom stereocenters. The van der Waals surface area contributed by atoms with Crippen LogP contribution in [0.2, 0.25) is 0 Å². The molecule has 6 heteroatoms. The third-order valence-corrected chi connectivity index (χ3v) is 3.92. The topological polar surface area (TPSA) is 57.2 Å². The molecule has 1 N–H and O–H groups in total. The van der Waals surface area contributed by atoms with Crippen LogP contribution in [0, 0.1) is 0 Å². The minimum Gasteiger partial charge on any atom is -0.357 e. The van der Waals surface area contributed by atoms with E-state index in [1.807, 2.05) is 26.0 Å². The van der Waals surface area contributed by atoms with Crippen molar-refractivity contribution < 1.29 is 0 Å². The lowest BCUT2D eigenvalue weighted by molar-refractivity contribution is 0.544. The molecular formula is C14H26N6. The predicted molar refractivity (Wildman–Crippen MR) is 83.6 cm³/mol. The Morgan fingerprint density at radius 2 is 1.50 bits per heavy atom. The summed E-state index contributed by atoms with van der Waals surface area (Å²) in [7, 11) is 7.84. The first-order valence-electron chi connectivity index (χ1n) is 7.46. The molecule has 1 aromatic rings. The highest BCUT2D eigenvalue weighted by Gasteiger charge is 2.20. The van der Waals surface area contributed by atoms with Crippen LogP contribution >= 0.6 is 0 Å². The molecule has 0 aliphatic heterocycles. The van der Waals surface area contributed by atoms with Gasteiger partial charge in [-0.1, -0.05) is 25.7 Å². The summed E-state index contributed by atoms with van der Waals surface area (Å²) in [5.41, 5.74) is 0. The Kier molecular flexibility index (Phi) is 4.98. The third kappa shape index (κ3) is 3.49. The van der Waals surface area contributed by atoms with Crippen LogP contribution in [0.25, 0.3) is 0 Å². The van der Waals surface area contributed by atoms with Gasteiger partial charge >= 0.3 is 0 Å². The van der Waals surface area contributed by atoms with Gasteiger partial charge in [-0.2, -0.15) is 15.0 Å². The second-order valence-electron chi connectivity index (χ2n) is 5.66. The maximum Gasteiger partial charge on any atom is 0.231 e. The minimum atomic E-state index is 0.541. The Bertz CT molecular complexity index is 426. The molecule has 1 heterocycles. The summed E-state index contributed by atoms with van der Waals surface area (Å²) < 4.78 is 0. The Hall–Kier alpha value is -1.59. The molecule has 0 spiro atoms. The minimum absolute atomic E-state index is 0.541. The molecule has 2 rings (SSSR count). The second kappa shape index (κ2) is 6.72. The number of rotatable bonds is 4. The van der Waals surface area contributed by atoms with Crippen LogP contribution in [-0.4, -0.2) is 49.2 Å². The van der Waals surface area contributed by atoms with Crippen molar-refractivity contribution in [3.63, 3.8) is 0 Å². The standard InChI is InChI=1S/C14H26N6/c1-15-12-16-13(19(2)3)18-14(17-12)20(4)11-9-7-5-6-8-10-11/h11H,5-10H2,1-4H3,(H,15,16,17,18). The van der Waals surface area contributed by atoms with Gasteiger partial charge < -0.3 is 15.1 Å². The highest BCUT2D eigenvalue weighted by Crippen LogP contribution is 2.24. The Morgan fingerprint density at radius 3 is 2.05 bits per heavy atom. The normalized spacial score (nSPS) is 16.6. The van der Waals surface area contributed by atoms with Crippen molar-refractivity contribution in [3.05, 3.63) is 0 Å². The molecule has 0 radical (unpaired) electrons. The second-order valence-corrected chi connectivity index (χ2v) is 5.66. The molecule has 1 aliphatic rings. The van der Waals surface area contributed by atoms with Crippen LogP contribution in [0.4, 0.5) is 17.8 Å². The van der Waals surface area contributed by atoms with Gasteiger partial charge in [-0.15, -0.1) is 0 Å². The lowest BCUT2D eigenvalue weighted by atomic mass is 10.1. The average Bonchev–Trinajstić information content (AvgIpc) is 2.74. The van der Waals surface area contributed by atoms with Gasteiger partial charge in [0.15, 0.2) is 0 Å². The van der Waals surface area contributed by atoms with Gasteiger partial charge in [0.2, 0.25) is 17.8 Å². The third-order valence-electron chi connectivity index (χ3n) is 3.92. The van der Waals surface area contributed by atoms with Crippen molar-refractivity contribution in [1.29, 1.82) is 0 Å². The molecule has 1 fully saturated rings. The zero-order valence-electron chi connectivity index (χ0n) is 13.1. The Labute approximate surface area is 121 Å². The fourth-order valence-corrected chi connectivity index (χ4v) is 2.63. The van der Waals surface area contributed by atoms with E-state index in [4.69, 9.17) is 0 Å². The molecule has 0 unspecified atom stereocenters. The number of aromatic nitrogens is 3. The highest BCUT2D eigenvalue weighted by molar-refractivity contribution is 5.44. The lowest BCUT2D eigenvalue weighted by Crippen LogP contribution is -2.33. The van der Waals surface area contributed by atoms with Crippen LogP contribution in [0.5, 0.6) is 0 Å². The Morgan fingerprint density at radius 1 is 0.900 bits per heavy atom. The number of anilines is 3. The fraction of sp³-hybridized carbons (Fsp3) is 0.786. The number of hydrogen-bond donors (Lipinski definition) is 1. The summed E-state index contributed by atoms with van der Waals surface area (Å²) >= 11 is 0. The first kappa shape index (κ1) is 14.8. The van der Waals surface area contributed by atoms with Crippen LogP contribution in [-0.2, 0) is 0 Å². The molecular weight excluding hydrogens is 252 g/mol. The van der Waals surface area contributed by atoms with E-state index in [1.165, 1.54) is 38.5 Å². The molecule has 0 saturated heterocycles. The van der Waals surface area contributed by atoms with E-state index in [0.29, 0.717) is 17.9 Å². The highest BCUT2D eigenvalue weighted by atomic mass is 15.3. The average molecular weight is 278 g/mol. The molecule has 0 bridgehead atoms. The van der Waals surface area contributed by atoms with E-state index in [9.17, 15) is 0 Å². The van der Waals surface area contributed by atoms with E-state index in [2.05, 4.69) is 32.2 Å². The van der Waals surface area contributed by atoms with Gasteiger partial charge in [0.05, 0.1) is 0 Å². The first-order chi connectivity index (χ1) is 9.61. The molecule has 20 heavy (non-hydrogen) atoms. The fourth-order valence-electron chi connectivity index (χ4n) is 2.63. The molecule has 6 nitrogen and oxygen atoms in total. The predicted octanol–water partition coefficient (Wildman–Crippen LogP) is 2.14. The lowest BCUT2D eigenvalue weighted by Gasteiger charge is -2.28. The summed E-state index contributed by atoms with van der Waals surface area (Å²) in [6.07, 6.45) is 7.78. The van der Waals surface area contributed by atoms with Gasteiger partial charge in [0, 0.05) is 34.2 Å². The van der Waals surface area contributed by atoms with Crippen LogP contribution in [0.1, 0.15) is 38.5 Å². The smallest absolute Gasteiger partial charge is 0.231 e. The van der Waals surface area contributed by atoms with E-state index < -0.39 is 0 Å². The van der Waals surface area contributed by atoms with Gasteiger partial charge in [-0.3, -0.25) is 0 Å². The van der Waals surface area contributed by atoms with Crippen molar-refractivity contribution in [2.24, 2.45) is 0 Å². The van der Waals surface area contributed by atoms with Crippen molar-refractivity contribution in [3.8, 4) is 0 Å². The van der Waals surface area contributed by atoms with Gasteiger partial charge in [0.25, 0.3) is 0 Å². The summed E-state index contributed by atoms with van der Waals surface area (Å²) in [5.74, 6) is 2.08. The zero-order valence-corrected chi connectivity index (χ0v) is 13.1. The molecule has 0 amide bonds. The SMILES string of the molecule is CNc1nc(N(C)C)nc(N(C)C2CCCCCC2)n1. The van der Waals surface area contributed by atoms with E-state index in [1.54, 1.807) is 0 Å². The maximum atomic E-state index is 4.58. The summed E-state index contributed by atoms with van der Waals surface area (Å²) in [6, 6.07) is 0.541. The summed E-state index contributed by atoms with van der Waals surface area (Å²) in [4.78, 5) is 17.6. The molecule has 1 aliphatic carbocycles. The van der Waals surface area contributed by atoms with Crippen LogP contribution < -0.4 is 15.1 Å². The van der Waals surface area contributed by atoms with Crippen molar-refractivity contribution in [2.45, 2.75) is 44.6 Å². The van der Waals surface area contributed by atoms with Gasteiger partial charge in [0.1, 0.15) is 0 Å². The zero-order chi connectivity index (χ0) is 14.5. The number of hydrogen-bond acceptors (Lipinski definition) is 6. The van der Waals surface area contributed by atoms with Gasteiger partial charge in [-0.25, -0.2) is 0 Å². The molecule has 112 valence electrons. The van der Waals surface area contributed by atoms with Gasteiger partial charge in [-0.05, 0) is 12.8 Å². The summed E-state index contributed by atoms with van der Waals surface area (Å²) in [5, 5.41) is 3.02. The van der Waals surface area contributed by atoms with Crippen molar-refractivity contribution in [2.75, 3.05) is 43.3 Å². The quantitative estimate of drug-likeness (QED) is 0.852. The van der Waals surface area contributed by atoms with Crippen molar-refractivity contribution >= 4 is 17.8 Å². The molecule has 1 saturated carbocycles. The first-order valence-corrected chi connectivity index (χ1v) is 7.46. The Balaban J connectivity index is 2.23. The monoisotopic (exact) mass is 278 g/mol. The molecule has 1 aromatic heterocycles. The van der Waals surface area contributed by atoms with E-state index in [-0.39, 0.29) is 0 Å². The van der Waals surface area contributed by atoms with E-state index in [0.717, 1.165) is 5.95 Å². The number of nitrogens with zero attached hydrogens (tertiary/aromatic N) is 5. The van der Waals surface area contributed by atoms with Crippen LogP contribution in [0.3, 0.4) is 0 Å². The largest absolute Gasteiger partial charge is 0.357 e.